The molecule has 1 N–H and O–H groups in total. The lowest BCUT2D eigenvalue weighted by molar-refractivity contribution is -0.118. The number of para-hydroxylation sites is 1. The molecule has 0 bridgehead atoms. The summed E-state index contributed by atoms with van der Waals surface area (Å²) in [4.78, 5) is 13.5. The second kappa shape index (κ2) is 7.44. The van der Waals surface area contributed by atoms with E-state index in [2.05, 4.69) is 50.6 Å². The number of nitriles is 1. The van der Waals surface area contributed by atoms with E-state index in [1.54, 1.807) is 14.2 Å². The maximum atomic E-state index is 13.5. The van der Waals surface area contributed by atoms with Crippen LogP contribution in [0.2, 0.25) is 0 Å². The van der Waals surface area contributed by atoms with Gasteiger partial charge in [-0.1, -0.05) is 26.0 Å². The summed E-state index contributed by atoms with van der Waals surface area (Å²) in [5.41, 5.74) is 3.48. The standard InChI is InChI=1S/C26H31N3O3/c1-25(2,3)29-14-15(13-27)20-21(16-9-8-10-19(31-6)23(16)32-7)22-17(28-24(20)29)11-26(4,5)12-18(22)30/h8-10,14,21,28H,11-12H2,1-7H3/t21-/m0/s1. The van der Waals surface area contributed by atoms with Crippen LogP contribution in [0.25, 0.3) is 0 Å². The van der Waals surface area contributed by atoms with Crippen LogP contribution in [0.4, 0.5) is 5.82 Å². The Morgan fingerprint density at radius 3 is 2.50 bits per heavy atom. The van der Waals surface area contributed by atoms with Gasteiger partial charge in [-0.05, 0) is 38.7 Å². The first kappa shape index (κ1) is 22.0. The van der Waals surface area contributed by atoms with E-state index < -0.39 is 5.92 Å². The van der Waals surface area contributed by atoms with Gasteiger partial charge >= 0.3 is 0 Å². The van der Waals surface area contributed by atoms with Crippen molar-refractivity contribution in [1.82, 2.24) is 4.57 Å². The fourth-order valence-electron chi connectivity index (χ4n) is 5.08. The van der Waals surface area contributed by atoms with Crippen LogP contribution in [-0.4, -0.2) is 24.6 Å². The summed E-state index contributed by atoms with van der Waals surface area (Å²) < 4.78 is 13.4. The topological polar surface area (TPSA) is 76.3 Å². The van der Waals surface area contributed by atoms with Gasteiger partial charge < -0.3 is 19.4 Å². The third kappa shape index (κ3) is 3.37. The first-order valence-corrected chi connectivity index (χ1v) is 10.9. The molecule has 4 rings (SSSR count). The Bertz CT molecular complexity index is 1170. The van der Waals surface area contributed by atoms with Gasteiger partial charge in [0, 0.05) is 46.5 Å². The maximum Gasteiger partial charge on any atom is 0.164 e. The highest BCUT2D eigenvalue weighted by Gasteiger charge is 2.44. The lowest BCUT2D eigenvalue weighted by Crippen LogP contribution is -2.35. The van der Waals surface area contributed by atoms with Gasteiger partial charge in [0.2, 0.25) is 0 Å². The molecule has 0 fully saturated rings. The van der Waals surface area contributed by atoms with E-state index in [1.165, 1.54) is 0 Å². The van der Waals surface area contributed by atoms with E-state index in [0.29, 0.717) is 23.5 Å². The number of nitrogens with one attached hydrogen (secondary N) is 1. The number of hydrogen-bond acceptors (Lipinski definition) is 5. The number of benzene rings is 1. The zero-order chi connectivity index (χ0) is 23.4. The van der Waals surface area contributed by atoms with Crippen molar-refractivity contribution in [2.75, 3.05) is 19.5 Å². The number of anilines is 1. The molecule has 168 valence electrons. The quantitative estimate of drug-likeness (QED) is 0.708. The Morgan fingerprint density at radius 2 is 1.91 bits per heavy atom. The number of ether oxygens (including phenoxy) is 2. The van der Waals surface area contributed by atoms with Crippen LogP contribution in [0.15, 0.2) is 35.7 Å². The van der Waals surface area contributed by atoms with E-state index in [-0.39, 0.29) is 16.7 Å². The summed E-state index contributed by atoms with van der Waals surface area (Å²) in [6.07, 6.45) is 3.12. The maximum absolute atomic E-state index is 13.5. The summed E-state index contributed by atoms with van der Waals surface area (Å²) in [5.74, 6) is 1.76. The van der Waals surface area contributed by atoms with Gasteiger partial charge in [-0.15, -0.1) is 0 Å². The molecular weight excluding hydrogens is 402 g/mol. The highest BCUT2D eigenvalue weighted by Crippen LogP contribution is 2.53. The number of carbonyl (C=O) groups excluding carboxylic acids is 1. The summed E-state index contributed by atoms with van der Waals surface area (Å²) in [6, 6.07) is 8.09. The Morgan fingerprint density at radius 1 is 1.19 bits per heavy atom. The number of aromatic nitrogens is 1. The number of rotatable bonds is 3. The third-order valence-electron chi connectivity index (χ3n) is 6.40. The van der Waals surface area contributed by atoms with Gasteiger partial charge in [0.05, 0.1) is 19.8 Å². The molecule has 1 atom stereocenters. The lowest BCUT2D eigenvalue weighted by atomic mass is 9.68. The molecule has 0 radical (unpaired) electrons. The van der Waals surface area contributed by atoms with Crippen molar-refractivity contribution in [3.05, 3.63) is 52.4 Å². The average molecular weight is 434 g/mol. The number of ketones is 1. The van der Waals surface area contributed by atoms with Crippen molar-refractivity contribution in [3.8, 4) is 17.6 Å². The van der Waals surface area contributed by atoms with Crippen LogP contribution in [-0.2, 0) is 10.3 Å². The van der Waals surface area contributed by atoms with Crippen molar-refractivity contribution in [2.45, 2.75) is 58.9 Å². The molecule has 0 saturated carbocycles. The van der Waals surface area contributed by atoms with Crippen LogP contribution in [0.3, 0.4) is 0 Å². The SMILES string of the molecule is COc1cccc([C@@H]2C3=C(CC(C)(C)CC3=O)Nc3c2c(C#N)cn3C(C)(C)C)c1OC. The molecule has 2 aromatic rings. The van der Waals surface area contributed by atoms with E-state index >= 15 is 0 Å². The second-order valence-electron chi connectivity index (χ2n) is 10.4. The Labute approximate surface area is 189 Å². The summed E-state index contributed by atoms with van der Waals surface area (Å²) in [6.45, 7) is 10.6. The van der Waals surface area contributed by atoms with E-state index in [9.17, 15) is 10.1 Å². The molecule has 1 aliphatic carbocycles. The van der Waals surface area contributed by atoms with Crippen molar-refractivity contribution in [3.63, 3.8) is 0 Å². The fourth-order valence-corrected chi connectivity index (χ4v) is 5.08. The molecule has 0 amide bonds. The molecule has 1 aromatic heterocycles. The molecule has 0 saturated heterocycles. The first-order chi connectivity index (χ1) is 15.0. The molecule has 2 aliphatic rings. The lowest BCUT2D eigenvalue weighted by Gasteiger charge is -2.40. The van der Waals surface area contributed by atoms with Crippen molar-refractivity contribution in [2.24, 2.45) is 5.41 Å². The summed E-state index contributed by atoms with van der Waals surface area (Å²) in [7, 11) is 3.21. The molecule has 6 heteroatoms. The fraction of sp³-hybridized carbons (Fsp3) is 0.462. The van der Waals surface area contributed by atoms with Gasteiger partial charge in [0.25, 0.3) is 0 Å². The summed E-state index contributed by atoms with van der Waals surface area (Å²) in [5, 5.41) is 13.6. The highest BCUT2D eigenvalue weighted by molar-refractivity contribution is 6.02. The minimum absolute atomic E-state index is 0.108. The van der Waals surface area contributed by atoms with Crippen molar-refractivity contribution >= 4 is 11.6 Å². The van der Waals surface area contributed by atoms with Gasteiger partial charge in [-0.2, -0.15) is 5.26 Å². The Balaban J connectivity index is 2.08. The molecule has 1 aromatic carbocycles. The minimum Gasteiger partial charge on any atom is -0.493 e. The molecule has 0 spiro atoms. The Kier molecular flexibility index (Phi) is 5.12. The zero-order valence-electron chi connectivity index (χ0n) is 19.9. The normalized spacial score (nSPS) is 19.6. The van der Waals surface area contributed by atoms with Gasteiger partial charge in [0.1, 0.15) is 11.9 Å². The Hall–Kier alpha value is -3.20. The molecule has 1 aliphatic heterocycles. The molecule has 32 heavy (non-hydrogen) atoms. The number of allylic oxidation sites excluding steroid dienone is 2. The van der Waals surface area contributed by atoms with Gasteiger partial charge in [-0.3, -0.25) is 4.79 Å². The minimum atomic E-state index is -0.409. The predicted molar refractivity (Wildman–Crippen MR) is 124 cm³/mol. The highest BCUT2D eigenvalue weighted by atomic mass is 16.5. The predicted octanol–water partition coefficient (Wildman–Crippen LogP) is 5.33. The number of fused-ring (bicyclic) bond motifs is 1. The number of Topliss-reactive ketones (excluding diaryl/α,β-unsaturated/α-hetero) is 1. The molecule has 0 unspecified atom stereocenters. The van der Waals surface area contributed by atoms with Crippen LogP contribution in [0.1, 0.15) is 70.1 Å². The van der Waals surface area contributed by atoms with E-state index in [4.69, 9.17) is 9.47 Å². The van der Waals surface area contributed by atoms with Crippen molar-refractivity contribution < 1.29 is 14.3 Å². The van der Waals surface area contributed by atoms with Crippen LogP contribution < -0.4 is 14.8 Å². The average Bonchev–Trinajstić information content (AvgIpc) is 3.09. The summed E-state index contributed by atoms with van der Waals surface area (Å²) >= 11 is 0. The molecule has 2 heterocycles. The zero-order valence-corrected chi connectivity index (χ0v) is 19.9. The monoisotopic (exact) mass is 433 g/mol. The van der Waals surface area contributed by atoms with Crippen LogP contribution in [0.5, 0.6) is 11.5 Å². The first-order valence-electron chi connectivity index (χ1n) is 10.9. The van der Waals surface area contributed by atoms with Crippen molar-refractivity contribution in [1.29, 1.82) is 5.26 Å². The van der Waals surface area contributed by atoms with E-state index in [0.717, 1.165) is 34.6 Å². The number of nitrogens with zero attached hydrogens (tertiary/aromatic N) is 2. The number of methoxy groups -OCH3 is 2. The van der Waals surface area contributed by atoms with E-state index in [1.807, 2.05) is 24.4 Å². The third-order valence-corrected chi connectivity index (χ3v) is 6.40. The van der Waals surface area contributed by atoms with Gasteiger partial charge in [-0.25, -0.2) is 0 Å². The van der Waals surface area contributed by atoms with Gasteiger partial charge in [0.15, 0.2) is 17.3 Å². The molecule has 6 nitrogen and oxygen atoms in total. The number of hydrogen-bond donors (Lipinski definition) is 1. The van der Waals surface area contributed by atoms with Crippen LogP contribution >= 0.6 is 0 Å². The largest absolute Gasteiger partial charge is 0.493 e. The molecular formula is C26H31N3O3. The number of carbonyl (C=O) groups is 1. The second-order valence-corrected chi connectivity index (χ2v) is 10.4. The smallest absolute Gasteiger partial charge is 0.164 e. The van der Waals surface area contributed by atoms with Crippen LogP contribution in [0, 0.1) is 16.7 Å².